The van der Waals surface area contributed by atoms with Crippen LogP contribution >= 0.6 is 11.3 Å². The third-order valence-electron chi connectivity index (χ3n) is 5.59. The molecule has 1 aliphatic carbocycles. The Balaban J connectivity index is 1.74. The second-order valence-corrected chi connectivity index (χ2v) is 8.28. The molecule has 1 aromatic carbocycles. The second-order valence-electron chi connectivity index (χ2n) is 7.08. The van der Waals surface area contributed by atoms with Gasteiger partial charge < -0.3 is 10.6 Å². The Kier molecular flexibility index (Phi) is 3.73. The number of hydrogen-bond donors (Lipinski definition) is 1. The summed E-state index contributed by atoms with van der Waals surface area (Å²) in [4.78, 5) is 20.8. The Morgan fingerprint density at radius 3 is 2.92 bits per heavy atom. The third kappa shape index (κ3) is 2.38. The van der Waals surface area contributed by atoms with E-state index in [1.807, 2.05) is 11.8 Å². The largest absolute Gasteiger partial charge is 0.332 e. The van der Waals surface area contributed by atoms with E-state index in [9.17, 15) is 4.79 Å². The third-order valence-corrected chi connectivity index (χ3v) is 6.60. The first-order valence-corrected chi connectivity index (χ1v) is 9.38. The standard InChI is InChI=1S/C19H23N3OS/c1-10-5-4-6-14(11(10)2)18-17(21-12(3)24-18)19(23)22-9-13-7-15(13)16(22)8-20/h4-6,13,15-16H,7-9,20H2,1-3H3/t13-,15-,16+/m0/s1. The average Bonchev–Trinajstić information content (AvgIpc) is 3.07. The van der Waals surface area contributed by atoms with E-state index in [0.717, 1.165) is 22.0 Å². The predicted molar refractivity (Wildman–Crippen MR) is 97.2 cm³/mol. The number of likely N-dealkylation sites (tertiary alicyclic amines) is 1. The molecule has 24 heavy (non-hydrogen) atoms. The predicted octanol–water partition coefficient (Wildman–Crippen LogP) is 3.15. The number of fused-ring (bicyclic) bond motifs is 1. The first-order chi connectivity index (χ1) is 11.5. The van der Waals surface area contributed by atoms with Crippen LogP contribution in [-0.4, -0.2) is 34.9 Å². The van der Waals surface area contributed by atoms with E-state index in [1.54, 1.807) is 11.3 Å². The summed E-state index contributed by atoms with van der Waals surface area (Å²) in [7, 11) is 0. The summed E-state index contributed by atoms with van der Waals surface area (Å²) in [5.41, 5.74) is 10.1. The fraction of sp³-hybridized carbons (Fsp3) is 0.474. The molecule has 1 aliphatic heterocycles. The lowest BCUT2D eigenvalue weighted by Gasteiger charge is -2.26. The van der Waals surface area contributed by atoms with Gasteiger partial charge in [0.25, 0.3) is 5.91 Å². The van der Waals surface area contributed by atoms with Crippen molar-refractivity contribution in [2.24, 2.45) is 17.6 Å². The summed E-state index contributed by atoms with van der Waals surface area (Å²) in [6.45, 7) is 7.58. The quantitative estimate of drug-likeness (QED) is 0.933. The number of thiazole rings is 1. The molecule has 2 aliphatic rings. The Morgan fingerprint density at radius 2 is 2.17 bits per heavy atom. The van der Waals surface area contributed by atoms with Crippen LogP contribution in [0.2, 0.25) is 0 Å². The number of carbonyl (C=O) groups excluding carboxylic acids is 1. The molecule has 2 fully saturated rings. The number of benzene rings is 1. The van der Waals surface area contributed by atoms with Crippen LogP contribution in [0.3, 0.4) is 0 Å². The summed E-state index contributed by atoms with van der Waals surface area (Å²) >= 11 is 1.61. The zero-order valence-electron chi connectivity index (χ0n) is 14.4. The van der Waals surface area contributed by atoms with Crippen LogP contribution in [-0.2, 0) is 0 Å². The van der Waals surface area contributed by atoms with Crippen molar-refractivity contribution < 1.29 is 4.79 Å². The van der Waals surface area contributed by atoms with Gasteiger partial charge in [-0.15, -0.1) is 11.3 Å². The van der Waals surface area contributed by atoms with Crippen LogP contribution in [0.25, 0.3) is 10.4 Å². The van der Waals surface area contributed by atoms with Crippen LogP contribution in [0.5, 0.6) is 0 Å². The van der Waals surface area contributed by atoms with E-state index >= 15 is 0 Å². The van der Waals surface area contributed by atoms with Gasteiger partial charge in [0, 0.05) is 19.1 Å². The first-order valence-electron chi connectivity index (χ1n) is 8.56. The Bertz CT molecular complexity index is 813. The number of aryl methyl sites for hydroxylation is 2. The number of piperidine rings is 1. The lowest BCUT2D eigenvalue weighted by Crippen LogP contribution is -2.43. The van der Waals surface area contributed by atoms with Gasteiger partial charge in [-0.05, 0) is 55.7 Å². The molecule has 4 rings (SSSR count). The molecule has 4 nitrogen and oxygen atoms in total. The fourth-order valence-electron chi connectivity index (χ4n) is 3.99. The highest BCUT2D eigenvalue weighted by Crippen LogP contribution is 2.50. The van der Waals surface area contributed by atoms with Gasteiger partial charge >= 0.3 is 0 Å². The van der Waals surface area contributed by atoms with Crippen molar-refractivity contribution in [1.82, 2.24) is 9.88 Å². The summed E-state index contributed by atoms with van der Waals surface area (Å²) in [5.74, 6) is 1.33. The van der Waals surface area contributed by atoms with Crippen LogP contribution in [0, 0.1) is 32.6 Å². The SMILES string of the molecule is Cc1nc(C(=O)N2C[C@@H]3C[C@@H]3[C@H]2CN)c(-c2cccc(C)c2C)s1. The second kappa shape index (κ2) is 5.67. The van der Waals surface area contributed by atoms with Gasteiger partial charge in [0.05, 0.1) is 9.88 Å². The molecule has 2 N–H and O–H groups in total. The van der Waals surface area contributed by atoms with Gasteiger partial charge in [-0.25, -0.2) is 4.98 Å². The topological polar surface area (TPSA) is 59.2 Å². The maximum Gasteiger partial charge on any atom is 0.274 e. The zero-order chi connectivity index (χ0) is 17.0. The van der Waals surface area contributed by atoms with E-state index in [0.29, 0.717) is 24.1 Å². The number of aromatic nitrogens is 1. The molecule has 126 valence electrons. The molecule has 2 aromatic rings. The van der Waals surface area contributed by atoms with E-state index in [2.05, 4.69) is 37.0 Å². The van der Waals surface area contributed by atoms with Crippen molar-refractivity contribution in [3.8, 4) is 10.4 Å². The minimum absolute atomic E-state index is 0.0536. The molecule has 0 radical (unpaired) electrons. The molecule has 2 heterocycles. The number of carbonyl (C=O) groups is 1. The molecule has 3 atom stereocenters. The number of nitrogens with zero attached hydrogens (tertiary/aromatic N) is 2. The smallest absolute Gasteiger partial charge is 0.274 e. The minimum atomic E-state index is 0.0536. The van der Waals surface area contributed by atoms with Gasteiger partial charge in [-0.1, -0.05) is 18.2 Å². The van der Waals surface area contributed by atoms with Crippen molar-refractivity contribution in [2.45, 2.75) is 33.2 Å². The number of hydrogen-bond acceptors (Lipinski definition) is 4. The van der Waals surface area contributed by atoms with Gasteiger partial charge in [0.15, 0.2) is 0 Å². The monoisotopic (exact) mass is 341 g/mol. The number of nitrogens with two attached hydrogens (primary N) is 1. The molecule has 0 bridgehead atoms. The van der Waals surface area contributed by atoms with Gasteiger partial charge in [0.1, 0.15) is 5.69 Å². The molecule has 1 aromatic heterocycles. The normalized spacial score (nSPS) is 25.0. The summed E-state index contributed by atoms with van der Waals surface area (Å²) in [5, 5.41) is 0.933. The van der Waals surface area contributed by atoms with Crippen molar-refractivity contribution in [1.29, 1.82) is 0 Å². The van der Waals surface area contributed by atoms with Crippen LogP contribution < -0.4 is 5.73 Å². The van der Waals surface area contributed by atoms with Crippen LogP contribution in [0.15, 0.2) is 18.2 Å². The van der Waals surface area contributed by atoms with E-state index in [-0.39, 0.29) is 11.9 Å². The molecule has 1 amide bonds. The lowest BCUT2D eigenvalue weighted by molar-refractivity contribution is 0.0708. The summed E-state index contributed by atoms with van der Waals surface area (Å²) in [6.07, 6.45) is 1.23. The molecule has 0 spiro atoms. The highest BCUT2D eigenvalue weighted by Gasteiger charge is 2.53. The molecular weight excluding hydrogens is 318 g/mol. The maximum atomic E-state index is 13.2. The zero-order valence-corrected chi connectivity index (χ0v) is 15.2. The highest BCUT2D eigenvalue weighted by atomic mass is 32.1. The van der Waals surface area contributed by atoms with Crippen LogP contribution in [0.1, 0.15) is 33.0 Å². The molecule has 5 heteroatoms. The lowest BCUT2D eigenvalue weighted by atomic mass is 10.0. The number of amides is 1. The Hall–Kier alpha value is -1.72. The van der Waals surface area contributed by atoms with Crippen molar-refractivity contribution in [2.75, 3.05) is 13.1 Å². The number of rotatable bonds is 3. The van der Waals surface area contributed by atoms with Gasteiger partial charge in [0.2, 0.25) is 0 Å². The van der Waals surface area contributed by atoms with Crippen molar-refractivity contribution >= 4 is 17.2 Å². The Labute approximate surface area is 146 Å². The average molecular weight is 341 g/mol. The highest BCUT2D eigenvalue weighted by molar-refractivity contribution is 7.15. The first kappa shape index (κ1) is 15.8. The molecular formula is C19H23N3OS. The van der Waals surface area contributed by atoms with Crippen LogP contribution in [0.4, 0.5) is 0 Å². The molecule has 1 saturated carbocycles. The van der Waals surface area contributed by atoms with E-state index in [4.69, 9.17) is 5.73 Å². The maximum absolute atomic E-state index is 13.2. The summed E-state index contributed by atoms with van der Waals surface area (Å²) in [6, 6.07) is 6.44. The van der Waals surface area contributed by atoms with Crippen molar-refractivity contribution in [3.63, 3.8) is 0 Å². The van der Waals surface area contributed by atoms with Gasteiger partial charge in [-0.3, -0.25) is 4.79 Å². The molecule has 0 unspecified atom stereocenters. The van der Waals surface area contributed by atoms with Gasteiger partial charge in [-0.2, -0.15) is 0 Å². The fourth-order valence-corrected chi connectivity index (χ4v) is 4.99. The van der Waals surface area contributed by atoms with E-state index < -0.39 is 0 Å². The minimum Gasteiger partial charge on any atom is -0.332 e. The summed E-state index contributed by atoms with van der Waals surface area (Å²) < 4.78 is 0. The van der Waals surface area contributed by atoms with Crippen molar-refractivity contribution in [3.05, 3.63) is 40.0 Å². The van der Waals surface area contributed by atoms with E-state index in [1.165, 1.54) is 17.5 Å². The Morgan fingerprint density at radius 1 is 1.38 bits per heavy atom. The molecule has 1 saturated heterocycles.